The maximum absolute atomic E-state index is 12.0. The first-order valence-corrected chi connectivity index (χ1v) is 6.76. The highest BCUT2D eigenvalue weighted by molar-refractivity contribution is 6.31. The summed E-state index contributed by atoms with van der Waals surface area (Å²) in [4.78, 5) is 12.0. The van der Waals surface area contributed by atoms with Crippen LogP contribution in [0.3, 0.4) is 0 Å². The van der Waals surface area contributed by atoms with Gasteiger partial charge in [0.2, 0.25) is 0 Å². The molecule has 0 aromatic heterocycles. The fourth-order valence-corrected chi connectivity index (χ4v) is 1.90. The van der Waals surface area contributed by atoms with Crippen molar-refractivity contribution in [1.82, 2.24) is 0 Å². The topological polar surface area (TPSA) is 26.3 Å². The van der Waals surface area contributed by atoms with Gasteiger partial charge in [0, 0.05) is 5.02 Å². The summed E-state index contributed by atoms with van der Waals surface area (Å²) in [5.74, 6) is -0.157. The maximum Gasteiger partial charge on any atom is 0.311 e. The third-order valence-electron chi connectivity index (χ3n) is 2.87. The summed E-state index contributed by atoms with van der Waals surface area (Å²) in [7, 11) is 0. The third kappa shape index (κ3) is 4.34. The Morgan fingerprint density at radius 1 is 1.33 bits per heavy atom. The molecule has 0 radical (unpaired) electrons. The molecule has 0 fully saturated rings. The highest BCUT2D eigenvalue weighted by Gasteiger charge is 2.30. The second-order valence-electron chi connectivity index (χ2n) is 5.14. The lowest BCUT2D eigenvalue weighted by Gasteiger charge is -2.23. The quantitative estimate of drug-likeness (QED) is 0.569. The number of hydrogen-bond acceptors (Lipinski definition) is 2. The van der Waals surface area contributed by atoms with Crippen molar-refractivity contribution in [3.8, 4) is 0 Å². The summed E-state index contributed by atoms with van der Waals surface area (Å²) < 4.78 is 5.28. The van der Waals surface area contributed by atoms with Gasteiger partial charge in [-0.3, -0.25) is 4.79 Å². The minimum Gasteiger partial charge on any atom is -0.465 e. The Balaban J connectivity index is 2.63. The molecular weight excluding hydrogens is 248 g/mol. The molecule has 18 heavy (non-hydrogen) atoms. The van der Waals surface area contributed by atoms with Gasteiger partial charge in [-0.1, -0.05) is 43.1 Å². The van der Waals surface area contributed by atoms with E-state index in [2.05, 4.69) is 6.92 Å². The molecule has 0 amide bonds. The van der Waals surface area contributed by atoms with Crippen LogP contribution in [0.15, 0.2) is 24.3 Å². The Morgan fingerprint density at radius 3 is 2.61 bits per heavy atom. The number of unbranched alkanes of at least 4 members (excludes halogenated alkanes) is 1. The molecule has 0 bridgehead atoms. The lowest BCUT2D eigenvalue weighted by Crippen LogP contribution is -2.29. The van der Waals surface area contributed by atoms with Gasteiger partial charge in [-0.2, -0.15) is 0 Å². The van der Waals surface area contributed by atoms with E-state index in [9.17, 15) is 4.79 Å². The molecule has 0 aliphatic rings. The van der Waals surface area contributed by atoms with Gasteiger partial charge in [-0.05, 0) is 38.3 Å². The number of esters is 1. The molecule has 1 aromatic carbocycles. The zero-order chi connectivity index (χ0) is 13.6. The van der Waals surface area contributed by atoms with Crippen LogP contribution in [-0.4, -0.2) is 12.6 Å². The second kappa shape index (κ2) is 6.79. The van der Waals surface area contributed by atoms with Gasteiger partial charge < -0.3 is 4.74 Å². The van der Waals surface area contributed by atoms with E-state index >= 15 is 0 Å². The van der Waals surface area contributed by atoms with E-state index in [0.717, 1.165) is 18.4 Å². The van der Waals surface area contributed by atoms with Crippen molar-refractivity contribution in [2.24, 2.45) is 5.41 Å². The number of ether oxygens (including phenoxy) is 1. The Bertz CT molecular complexity index is 399. The molecule has 0 unspecified atom stereocenters. The predicted molar refractivity (Wildman–Crippen MR) is 74.8 cm³/mol. The molecule has 0 aliphatic carbocycles. The average Bonchev–Trinajstić information content (AvgIpc) is 2.32. The number of rotatable bonds is 6. The molecule has 2 nitrogen and oxygen atoms in total. The van der Waals surface area contributed by atoms with E-state index in [1.807, 2.05) is 38.1 Å². The fourth-order valence-electron chi connectivity index (χ4n) is 1.69. The first kappa shape index (κ1) is 15.0. The molecule has 0 atom stereocenters. The van der Waals surface area contributed by atoms with Gasteiger partial charge in [-0.15, -0.1) is 0 Å². The van der Waals surface area contributed by atoms with E-state index in [4.69, 9.17) is 16.3 Å². The van der Waals surface area contributed by atoms with Gasteiger partial charge >= 0.3 is 5.97 Å². The highest BCUT2D eigenvalue weighted by Crippen LogP contribution is 2.27. The summed E-state index contributed by atoms with van der Waals surface area (Å²) in [6, 6.07) is 7.61. The molecule has 1 aromatic rings. The van der Waals surface area contributed by atoms with Gasteiger partial charge in [0.05, 0.1) is 12.0 Å². The lowest BCUT2D eigenvalue weighted by atomic mass is 9.86. The lowest BCUT2D eigenvalue weighted by molar-refractivity contribution is -0.154. The van der Waals surface area contributed by atoms with Crippen molar-refractivity contribution in [1.29, 1.82) is 0 Å². The standard InChI is InChI=1S/C15H21ClO2/c1-4-5-10-18-14(17)15(2,3)11-12-8-6-7-9-13(12)16/h6-9H,4-5,10-11H2,1-3H3. The van der Waals surface area contributed by atoms with Crippen LogP contribution in [0.2, 0.25) is 5.02 Å². The molecule has 0 heterocycles. The van der Waals surface area contributed by atoms with Crippen LogP contribution < -0.4 is 0 Å². The first-order valence-electron chi connectivity index (χ1n) is 6.38. The second-order valence-corrected chi connectivity index (χ2v) is 5.55. The van der Waals surface area contributed by atoms with Crippen LogP contribution in [0.4, 0.5) is 0 Å². The molecule has 0 saturated heterocycles. The zero-order valence-electron chi connectivity index (χ0n) is 11.3. The van der Waals surface area contributed by atoms with E-state index in [0.29, 0.717) is 18.1 Å². The minimum absolute atomic E-state index is 0.157. The van der Waals surface area contributed by atoms with Crippen LogP contribution in [-0.2, 0) is 16.0 Å². The van der Waals surface area contributed by atoms with Gasteiger partial charge in [0.1, 0.15) is 0 Å². The fraction of sp³-hybridized carbons (Fsp3) is 0.533. The average molecular weight is 269 g/mol. The Kier molecular flexibility index (Phi) is 5.67. The van der Waals surface area contributed by atoms with Crippen LogP contribution in [0.5, 0.6) is 0 Å². The van der Waals surface area contributed by atoms with Gasteiger partial charge in [0.15, 0.2) is 0 Å². The Labute approximate surface area is 114 Å². The SMILES string of the molecule is CCCCOC(=O)C(C)(C)Cc1ccccc1Cl. The van der Waals surface area contributed by atoms with Gasteiger partial charge in [0.25, 0.3) is 0 Å². The summed E-state index contributed by atoms with van der Waals surface area (Å²) in [6.07, 6.45) is 2.53. The van der Waals surface area contributed by atoms with Crippen LogP contribution >= 0.6 is 11.6 Å². The smallest absolute Gasteiger partial charge is 0.311 e. The normalized spacial score (nSPS) is 11.3. The predicted octanol–water partition coefficient (Wildman–Crippen LogP) is 4.25. The Morgan fingerprint density at radius 2 is 2.00 bits per heavy atom. The number of hydrogen-bond donors (Lipinski definition) is 0. The van der Waals surface area contributed by atoms with Crippen molar-refractivity contribution >= 4 is 17.6 Å². The maximum atomic E-state index is 12.0. The van der Waals surface area contributed by atoms with Gasteiger partial charge in [-0.25, -0.2) is 0 Å². The molecular formula is C15H21ClO2. The molecule has 0 spiro atoms. The van der Waals surface area contributed by atoms with E-state index < -0.39 is 5.41 Å². The minimum atomic E-state index is -0.543. The van der Waals surface area contributed by atoms with Crippen LogP contribution in [0, 0.1) is 5.41 Å². The monoisotopic (exact) mass is 268 g/mol. The molecule has 0 N–H and O–H groups in total. The third-order valence-corrected chi connectivity index (χ3v) is 3.24. The van der Waals surface area contributed by atoms with Crippen molar-refractivity contribution in [2.75, 3.05) is 6.61 Å². The van der Waals surface area contributed by atoms with Crippen molar-refractivity contribution in [3.05, 3.63) is 34.9 Å². The van der Waals surface area contributed by atoms with Crippen molar-refractivity contribution in [3.63, 3.8) is 0 Å². The van der Waals surface area contributed by atoms with Crippen molar-refractivity contribution in [2.45, 2.75) is 40.0 Å². The first-order chi connectivity index (χ1) is 8.47. The number of halogens is 1. The molecule has 100 valence electrons. The van der Waals surface area contributed by atoms with Crippen LogP contribution in [0.1, 0.15) is 39.2 Å². The molecule has 0 aliphatic heterocycles. The molecule has 1 rings (SSSR count). The van der Waals surface area contributed by atoms with E-state index in [1.165, 1.54) is 0 Å². The largest absolute Gasteiger partial charge is 0.465 e. The van der Waals surface area contributed by atoms with Crippen molar-refractivity contribution < 1.29 is 9.53 Å². The van der Waals surface area contributed by atoms with E-state index in [1.54, 1.807) is 0 Å². The zero-order valence-corrected chi connectivity index (χ0v) is 12.1. The summed E-state index contributed by atoms with van der Waals surface area (Å²) in [5, 5.41) is 0.701. The van der Waals surface area contributed by atoms with Crippen LogP contribution in [0.25, 0.3) is 0 Å². The summed E-state index contributed by atoms with van der Waals surface area (Å²) in [6.45, 7) is 6.36. The van der Waals surface area contributed by atoms with E-state index in [-0.39, 0.29) is 5.97 Å². The summed E-state index contributed by atoms with van der Waals surface area (Å²) in [5.41, 5.74) is 0.440. The number of carbonyl (C=O) groups is 1. The summed E-state index contributed by atoms with van der Waals surface area (Å²) >= 11 is 6.11. The number of benzene rings is 1. The molecule has 0 saturated carbocycles. The highest BCUT2D eigenvalue weighted by atomic mass is 35.5. The number of carbonyl (C=O) groups excluding carboxylic acids is 1. The Hall–Kier alpha value is -1.02. The molecule has 3 heteroatoms.